The molecule has 0 bridgehead atoms. The number of pyridine rings is 1. The van der Waals surface area contributed by atoms with Crippen molar-refractivity contribution in [2.45, 2.75) is 26.3 Å². The van der Waals surface area contributed by atoms with E-state index >= 15 is 0 Å². The molecule has 1 fully saturated rings. The minimum atomic E-state index is 0.386. The fourth-order valence-electron chi connectivity index (χ4n) is 2.17. The predicted molar refractivity (Wildman–Crippen MR) is 62.4 cm³/mol. The van der Waals surface area contributed by atoms with Crippen molar-refractivity contribution >= 4 is 23.3 Å². The second kappa shape index (κ2) is 2.70. The Labute approximate surface area is 93.1 Å². The van der Waals surface area contributed by atoms with Crippen LogP contribution in [0.1, 0.15) is 26.3 Å². The molecule has 0 spiro atoms. The maximum atomic E-state index is 5.35. The third-order valence-corrected chi connectivity index (χ3v) is 3.59. The summed E-state index contributed by atoms with van der Waals surface area (Å²) in [7, 11) is 0. The summed E-state index contributed by atoms with van der Waals surface area (Å²) in [4.78, 5) is 7.29. The molecule has 0 aromatic carbocycles. The van der Waals surface area contributed by atoms with Gasteiger partial charge in [0.15, 0.2) is 4.77 Å². The number of imidazole rings is 1. The van der Waals surface area contributed by atoms with Gasteiger partial charge < -0.3 is 9.55 Å². The van der Waals surface area contributed by atoms with Gasteiger partial charge >= 0.3 is 0 Å². The van der Waals surface area contributed by atoms with E-state index in [0.29, 0.717) is 11.5 Å². The minimum absolute atomic E-state index is 0.386. The van der Waals surface area contributed by atoms with Gasteiger partial charge in [-0.2, -0.15) is 0 Å². The van der Waals surface area contributed by atoms with Gasteiger partial charge in [0.25, 0.3) is 0 Å². The van der Waals surface area contributed by atoms with Gasteiger partial charge in [0, 0.05) is 12.2 Å². The first-order valence-corrected chi connectivity index (χ1v) is 5.55. The SMILES string of the molecule is CC1(C)CC1n1c(=S)[nH]c2cnccc21. The number of rotatable bonds is 1. The van der Waals surface area contributed by atoms with E-state index in [-0.39, 0.29) is 0 Å². The first kappa shape index (κ1) is 9.09. The molecule has 15 heavy (non-hydrogen) atoms. The Morgan fingerprint density at radius 3 is 3.00 bits per heavy atom. The highest BCUT2D eigenvalue weighted by molar-refractivity contribution is 7.71. The van der Waals surface area contributed by atoms with Gasteiger partial charge in [0.1, 0.15) is 0 Å². The van der Waals surface area contributed by atoms with Gasteiger partial charge in [0.2, 0.25) is 0 Å². The normalized spacial score (nSPS) is 23.2. The second-order valence-corrected chi connectivity index (χ2v) is 5.29. The van der Waals surface area contributed by atoms with E-state index in [4.69, 9.17) is 12.2 Å². The maximum absolute atomic E-state index is 5.35. The summed E-state index contributed by atoms with van der Waals surface area (Å²) in [6, 6.07) is 2.57. The van der Waals surface area contributed by atoms with Crippen LogP contribution < -0.4 is 0 Å². The number of aromatic amines is 1. The largest absolute Gasteiger partial charge is 0.329 e. The lowest BCUT2D eigenvalue weighted by Gasteiger charge is -2.05. The molecule has 0 saturated heterocycles. The van der Waals surface area contributed by atoms with Gasteiger partial charge in [-0.15, -0.1) is 0 Å². The lowest BCUT2D eigenvalue weighted by atomic mass is 10.2. The average Bonchev–Trinajstić information content (AvgIpc) is 2.68. The van der Waals surface area contributed by atoms with E-state index in [9.17, 15) is 0 Å². The molecule has 3 nitrogen and oxygen atoms in total. The van der Waals surface area contributed by atoms with Crippen LogP contribution in [0.2, 0.25) is 0 Å². The molecule has 2 heterocycles. The zero-order valence-corrected chi connectivity index (χ0v) is 9.64. The van der Waals surface area contributed by atoms with E-state index in [1.807, 2.05) is 18.5 Å². The molecule has 78 valence electrons. The molecule has 1 N–H and O–H groups in total. The summed E-state index contributed by atoms with van der Waals surface area (Å²) in [6.07, 6.45) is 4.85. The van der Waals surface area contributed by atoms with Crippen LogP contribution in [0.5, 0.6) is 0 Å². The van der Waals surface area contributed by atoms with Crippen LogP contribution in [0.4, 0.5) is 0 Å². The highest BCUT2D eigenvalue weighted by Crippen LogP contribution is 2.56. The molecule has 1 unspecified atom stereocenters. The molecule has 3 rings (SSSR count). The van der Waals surface area contributed by atoms with Crippen LogP contribution in [0.15, 0.2) is 18.5 Å². The maximum Gasteiger partial charge on any atom is 0.178 e. The predicted octanol–water partition coefficient (Wildman–Crippen LogP) is 3.06. The van der Waals surface area contributed by atoms with Crippen molar-refractivity contribution in [3.8, 4) is 0 Å². The van der Waals surface area contributed by atoms with Crippen LogP contribution in [0.3, 0.4) is 0 Å². The highest BCUT2D eigenvalue weighted by atomic mass is 32.1. The molecule has 1 aliphatic carbocycles. The molecule has 1 saturated carbocycles. The number of H-pyrrole nitrogens is 1. The van der Waals surface area contributed by atoms with Gasteiger partial charge in [-0.3, -0.25) is 4.98 Å². The van der Waals surface area contributed by atoms with E-state index in [2.05, 4.69) is 28.4 Å². The van der Waals surface area contributed by atoms with Crippen molar-refractivity contribution in [2.24, 2.45) is 5.41 Å². The third kappa shape index (κ3) is 1.24. The van der Waals surface area contributed by atoms with Gasteiger partial charge in [0.05, 0.1) is 17.2 Å². The minimum Gasteiger partial charge on any atom is -0.329 e. The fourth-order valence-corrected chi connectivity index (χ4v) is 2.50. The number of nitrogens with zero attached hydrogens (tertiary/aromatic N) is 2. The number of aromatic nitrogens is 3. The molecule has 1 aliphatic rings. The van der Waals surface area contributed by atoms with Gasteiger partial charge in [-0.1, -0.05) is 13.8 Å². The summed E-state index contributed by atoms with van der Waals surface area (Å²) in [5, 5.41) is 0. The Hall–Kier alpha value is -1.16. The smallest absolute Gasteiger partial charge is 0.178 e. The second-order valence-electron chi connectivity index (χ2n) is 4.90. The van der Waals surface area contributed by atoms with Crippen molar-refractivity contribution < 1.29 is 0 Å². The molecule has 2 aromatic heterocycles. The fraction of sp³-hybridized carbons (Fsp3) is 0.455. The monoisotopic (exact) mass is 219 g/mol. The van der Waals surface area contributed by atoms with Crippen molar-refractivity contribution in [1.82, 2.24) is 14.5 Å². The van der Waals surface area contributed by atoms with Gasteiger partial charge in [-0.05, 0) is 30.1 Å². The summed E-state index contributed by atoms with van der Waals surface area (Å²) in [5.41, 5.74) is 2.59. The molecule has 1 atom stereocenters. The summed E-state index contributed by atoms with van der Waals surface area (Å²) < 4.78 is 3.04. The molecular weight excluding hydrogens is 206 g/mol. The van der Waals surface area contributed by atoms with Crippen molar-refractivity contribution in [1.29, 1.82) is 0 Å². The number of fused-ring (bicyclic) bond motifs is 1. The molecule has 0 radical (unpaired) electrons. The van der Waals surface area contributed by atoms with Gasteiger partial charge in [-0.25, -0.2) is 0 Å². The summed E-state index contributed by atoms with van der Waals surface area (Å²) in [5.74, 6) is 0. The first-order chi connectivity index (χ1) is 7.09. The molecule has 0 aliphatic heterocycles. The zero-order chi connectivity index (χ0) is 10.6. The van der Waals surface area contributed by atoms with E-state index in [1.54, 1.807) is 0 Å². The topological polar surface area (TPSA) is 33.6 Å². The standard InChI is InChI=1S/C11H13N3S/c1-11(2)5-9(11)14-8-3-4-12-6-7(8)13-10(14)15/h3-4,6,9H,5H2,1-2H3,(H,13,15). The summed E-state index contributed by atoms with van der Waals surface area (Å²) >= 11 is 5.35. The lowest BCUT2D eigenvalue weighted by molar-refractivity contribution is 0.546. The Balaban J connectivity index is 2.27. The van der Waals surface area contributed by atoms with E-state index in [0.717, 1.165) is 10.3 Å². The first-order valence-electron chi connectivity index (χ1n) is 5.14. The molecule has 0 amide bonds. The van der Waals surface area contributed by atoms with Crippen LogP contribution in [0, 0.1) is 10.2 Å². The van der Waals surface area contributed by atoms with E-state index in [1.165, 1.54) is 11.9 Å². The Bertz CT molecular complexity index is 579. The van der Waals surface area contributed by atoms with Crippen molar-refractivity contribution in [3.63, 3.8) is 0 Å². The van der Waals surface area contributed by atoms with Crippen LogP contribution in [0.25, 0.3) is 11.0 Å². The molecular formula is C11H13N3S. The van der Waals surface area contributed by atoms with Crippen LogP contribution >= 0.6 is 12.2 Å². The average molecular weight is 219 g/mol. The molecule has 4 heteroatoms. The Morgan fingerprint density at radius 2 is 2.33 bits per heavy atom. The number of hydrogen-bond donors (Lipinski definition) is 1. The van der Waals surface area contributed by atoms with E-state index < -0.39 is 0 Å². The Kier molecular flexibility index (Phi) is 1.63. The third-order valence-electron chi connectivity index (χ3n) is 3.29. The number of hydrogen-bond acceptors (Lipinski definition) is 2. The quantitative estimate of drug-likeness (QED) is 0.748. The van der Waals surface area contributed by atoms with Crippen molar-refractivity contribution in [3.05, 3.63) is 23.2 Å². The lowest BCUT2D eigenvalue weighted by Crippen LogP contribution is -2.00. The molecule has 2 aromatic rings. The zero-order valence-electron chi connectivity index (χ0n) is 8.82. The number of nitrogens with one attached hydrogen (secondary N) is 1. The van der Waals surface area contributed by atoms with Crippen molar-refractivity contribution in [2.75, 3.05) is 0 Å². The van der Waals surface area contributed by atoms with Crippen LogP contribution in [-0.2, 0) is 0 Å². The Morgan fingerprint density at radius 1 is 1.60 bits per heavy atom. The highest BCUT2D eigenvalue weighted by Gasteiger charge is 2.47. The van der Waals surface area contributed by atoms with Crippen LogP contribution in [-0.4, -0.2) is 14.5 Å². The summed E-state index contributed by atoms with van der Waals surface area (Å²) in [6.45, 7) is 4.55.